The molecule has 0 aliphatic rings. The lowest BCUT2D eigenvalue weighted by Crippen LogP contribution is -2.27. The highest BCUT2D eigenvalue weighted by molar-refractivity contribution is 5.21. The molecule has 0 fully saturated rings. The molecule has 108 valence electrons. The zero-order valence-corrected chi connectivity index (χ0v) is 11.9. The number of benzene rings is 1. The standard InChI is InChI=1S/C15H24O4/c1-12(9-16)17-10-13(2)18-11-14(3)19-15-7-5-4-6-8-15/h4-8,12-14,16H,9-11H2,1-3H3. The highest BCUT2D eigenvalue weighted by atomic mass is 16.6. The van der Waals surface area contributed by atoms with E-state index in [2.05, 4.69) is 0 Å². The van der Waals surface area contributed by atoms with Crippen LogP contribution in [0.3, 0.4) is 0 Å². The number of hydrogen-bond donors (Lipinski definition) is 1. The SMILES string of the molecule is CC(CO)OCC(C)OCC(C)Oc1ccccc1. The van der Waals surface area contributed by atoms with Gasteiger partial charge in [0.05, 0.1) is 32.0 Å². The second kappa shape index (κ2) is 8.91. The van der Waals surface area contributed by atoms with Crippen molar-refractivity contribution in [2.24, 2.45) is 0 Å². The summed E-state index contributed by atoms with van der Waals surface area (Å²) in [6, 6.07) is 9.68. The summed E-state index contributed by atoms with van der Waals surface area (Å²) >= 11 is 0. The van der Waals surface area contributed by atoms with Gasteiger partial charge in [0.25, 0.3) is 0 Å². The Bertz CT molecular complexity index is 328. The van der Waals surface area contributed by atoms with Crippen molar-refractivity contribution >= 4 is 0 Å². The number of ether oxygens (including phenoxy) is 3. The van der Waals surface area contributed by atoms with Crippen molar-refractivity contribution in [3.8, 4) is 5.75 Å². The minimum atomic E-state index is -0.149. The number of para-hydroxylation sites is 1. The molecule has 0 aliphatic heterocycles. The van der Waals surface area contributed by atoms with E-state index >= 15 is 0 Å². The van der Waals surface area contributed by atoms with Crippen LogP contribution in [0.2, 0.25) is 0 Å². The molecule has 19 heavy (non-hydrogen) atoms. The fourth-order valence-electron chi connectivity index (χ4n) is 1.47. The summed E-state index contributed by atoms with van der Waals surface area (Å²) in [5, 5.41) is 8.84. The van der Waals surface area contributed by atoms with E-state index in [9.17, 15) is 0 Å². The zero-order chi connectivity index (χ0) is 14.1. The average Bonchev–Trinajstić information content (AvgIpc) is 2.43. The maximum atomic E-state index is 8.84. The van der Waals surface area contributed by atoms with Crippen LogP contribution in [0.4, 0.5) is 0 Å². The van der Waals surface area contributed by atoms with Crippen molar-refractivity contribution in [1.29, 1.82) is 0 Å². The van der Waals surface area contributed by atoms with E-state index in [0.717, 1.165) is 5.75 Å². The van der Waals surface area contributed by atoms with Crippen LogP contribution in [0.15, 0.2) is 30.3 Å². The first kappa shape index (κ1) is 16.0. The molecule has 0 saturated heterocycles. The first-order chi connectivity index (χ1) is 9.11. The Kier molecular flexibility index (Phi) is 7.48. The minimum absolute atomic E-state index is 0.0138. The van der Waals surface area contributed by atoms with E-state index in [0.29, 0.717) is 13.2 Å². The van der Waals surface area contributed by atoms with Gasteiger partial charge in [0.1, 0.15) is 11.9 Å². The third-order valence-electron chi connectivity index (χ3n) is 2.57. The highest BCUT2D eigenvalue weighted by Crippen LogP contribution is 2.11. The number of hydrogen-bond acceptors (Lipinski definition) is 4. The van der Waals surface area contributed by atoms with Gasteiger partial charge in [-0.25, -0.2) is 0 Å². The topological polar surface area (TPSA) is 47.9 Å². The van der Waals surface area contributed by atoms with Crippen molar-refractivity contribution < 1.29 is 19.3 Å². The van der Waals surface area contributed by atoms with Crippen LogP contribution >= 0.6 is 0 Å². The second-order valence-corrected chi connectivity index (χ2v) is 4.71. The predicted octanol–water partition coefficient (Wildman–Crippen LogP) is 2.26. The number of aliphatic hydroxyl groups excluding tert-OH is 1. The van der Waals surface area contributed by atoms with Gasteiger partial charge in [-0.3, -0.25) is 0 Å². The van der Waals surface area contributed by atoms with Gasteiger partial charge in [-0.2, -0.15) is 0 Å². The Labute approximate surface area is 115 Å². The third kappa shape index (κ3) is 7.15. The lowest BCUT2D eigenvalue weighted by molar-refractivity contribution is -0.0590. The summed E-state index contributed by atoms with van der Waals surface area (Å²) < 4.78 is 16.7. The fraction of sp³-hybridized carbons (Fsp3) is 0.600. The van der Waals surface area contributed by atoms with Gasteiger partial charge in [0.15, 0.2) is 0 Å². The van der Waals surface area contributed by atoms with Gasteiger partial charge in [-0.05, 0) is 32.9 Å². The molecule has 0 aliphatic carbocycles. The Balaban J connectivity index is 2.17. The van der Waals surface area contributed by atoms with Crippen LogP contribution in [-0.4, -0.2) is 43.2 Å². The molecule has 0 radical (unpaired) electrons. The van der Waals surface area contributed by atoms with Gasteiger partial charge in [0.2, 0.25) is 0 Å². The predicted molar refractivity (Wildman–Crippen MR) is 74.4 cm³/mol. The molecule has 0 aromatic heterocycles. The molecular weight excluding hydrogens is 244 g/mol. The van der Waals surface area contributed by atoms with Crippen LogP contribution in [0.5, 0.6) is 5.75 Å². The molecule has 4 nitrogen and oxygen atoms in total. The summed E-state index contributed by atoms with van der Waals surface area (Å²) in [5.41, 5.74) is 0. The van der Waals surface area contributed by atoms with Crippen LogP contribution < -0.4 is 4.74 Å². The molecule has 1 aromatic rings. The normalized spacial score (nSPS) is 15.8. The van der Waals surface area contributed by atoms with E-state index in [4.69, 9.17) is 19.3 Å². The lowest BCUT2D eigenvalue weighted by atomic mass is 10.3. The van der Waals surface area contributed by atoms with Gasteiger partial charge in [-0.1, -0.05) is 18.2 Å². The minimum Gasteiger partial charge on any atom is -0.488 e. The first-order valence-electron chi connectivity index (χ1n) is 6.67. The molecule has 3 unspecified atom stereocenters. The maximum absolute atomic E-state index is 8.84. The quantitative estimate of drug-likeness (QED) is 0.746. The van der Waals surface area contributed by atoms with Crippen LogP contribution in [0, 0.1) is 0 Å². The molecule has 4 heteroatoms. The molecule has 0 bridgehead atoms. The summed E-state index contributed by atoms with van der Waals surface area (Å²) in [7, 11) is 0. The van der Waals surface area contributed by atoms with Gasteiger partial charge in [0, 0.05) is 0 Å². The van der Waals surface area contributed by atoms with E-state index in [-0.39, 0.29) is 24.9 Å². The molecule has 0 amide bonds. The highest BCUT2D eigenvalue weighted by Gasteiger charge is 2.09. The molecule has 0 spiro atoms. The van der Waals surface area contributed by atoms with E-state index in [1.54, 1.807) is 0 Å². The molecule has 3 atom stereocenters. The van der Waals surface area contributed by atoms with E-state index in [1.807, 2.05) is 51.1 Å². The summed E-state index contributed by atoms with van der Waals surface area (Å²) in [4.78, 5) is 0. The smallest absolute Gasteiger partial charge is 0.119 e. The summed E-state index contributed by atoms with van der Waals surface area (Å²) in [6.07, 6.45) is -0.181. The van der Waals surface area contributed by atoms with Crippen LogP contribution in [0.1, 0.15) is 20.8 Å². The maximum Gasteiger partial charge on any atom is 0.119 e. The van der Waals surface area contributed by atoms with Crippen LogP contribution in [-0.2, 0) is 9.47 Å². The molecule has 1 aromatic carbocycles. The third-order valence-corrected chi connectivity index (χ3v) is 2.57. The molecule has 0 heterocycles. The molecule has 0 saturated carbocycles. The largest absolute Gasteiger partial charge is 0.488 e. The molecular formula is C15H24O4. The Morgan fingerprint density at radius 3 is 2.11 bits per heavy atom. The van der Waals surface area contributed by atoms with Crippen molar-refractivity contribution in [2.75, 3.05) is 19.8 Å². The first-order valence-corrected chi connectivity index (χ1v) is 6.67. The summed E-state index contributed by atoms with van der Waals surface area (Å²) in [6.45, 7) is 6.75. The van der Waals surface area contributed by atoms with E-state index < -0.39 is 0 Å². The monoisotopic (exact) mass is 268 g/mol. The number of rotatable bonds is 9. The Hall–Kier alpha value is -1.10. The Morgan fingerprint density at radius 2 is 1.47 bits per heavy atom. The van der Waals surface area contributed by atoms with Crippen molar-refractivity contribution in [3.05, 3.63) is 30.3 Å². The van der Waals surface area contributed by atoms with Crippen LogP contribution in [0.25, 0.3) is 0 Å². The second-order valence-electron chi connectivity index (χ2n) is 4.71. The van der Waals surface area contributed by atoms with E-state index in [1.165, 1.54) is 0 Å². The van der Waals surface area contributed by atoms with Crippen molar-refractivity contribution in [2.45, 2.75) is 39.1 Å². The van der Waals surface area contributed by atoms with Gasteiger partial charge in [-0.15, -0.1) is 0 Å². The fourth-order valence-corrected chi connectivity index (χ4v) is 1.47. The molecule has 1 rings (SSSR count). The Morgan fingerprint density at radius 1 is 0.895 bits per heavy atom. The average molecular weight is 268 g/mol. The number of aliphatic hydroxyl groups is 1. The van der Waals surface area contributed by atoms with Gasteiger partial charge < -0.3 is 19.3 Å². The summed E-state index contributed by atoms with van der Waals surface area (Å²) in [5.74, 6) is 0.844. The zero-order valence-electron chi connectivity index (χ0n) is 11.9. The van der Waals surface area contributed by atoms with Crippen molar-refractivity contribution in [1.82, 2.24) is 0 Å². The van der Waals surface area contributed by atoms with Crippen molar-refractivity contribution in [3.63, 3.8) is 0 Å². The lowest BCUT2D eigenvalue weighted by Gasteiger charge is -2.19. The van der Waals surface area contributed by atoms with Gasteiger partial charge >= 0.3 is 0 Å². The molecule has 1 N–H and O–H groups in total.